The smallest absolute Gasteiger partial charge is 0.254 e. The number of amides is 1. The van der Waals surface area contributed by atoms with Crippen LogP contribution in [0, 0.1) is 11.6 Å². The normalized spacial score (nSPS) is 15.2. The van der Waals surface area contributed by atoms with Crippen LogP contribution in [0.5, 0.6) is 0 Å². The largest absolute Gasteiger partial charge is 0.333 e. The Labute approximate surface area is 188 Å². The third-order valence-corrected chi connectivity index (χ3v) is 7.39. The van der Waals surface area contributed by atoms with Crippen molar-refractivity contribution in [3.05, 3.63) is 65.2 Å². The summed E-state index contributed by atoms with van der Waals surface area (Å²) in [6, 6.07) is 9.58. The van der Waals surface area contributed by atoms with Crippen molar-refractivity contribution < 1.29 is 22.0 Å². The van der Waals surface area contributed by atoms with E-state index >= 15 is 0 Å². The molecule has 174 valence electrons. The number of carbonyl (C=O) groups excluding carboxylic acids is 1. The molecule has 1 heterocycles. The maximum atomic E-state index is 13.7. The van der Waals surface area contributed by atoms with E-state index in [0.29, 0.717) is 31.7 Å². The fourth-order valence-electron chi connectivity index (χ4n) is 3.66. The standard InChI is InChI=1S/C23H29F2N3O3S/c1-26(2)13-14-27(17-18-9-10-21(24)22(25)15-18)23(29)19-7-6-8-20(16-19)32(30,31)28-11-4-3-5-12-28/h6-10,15-16H,3-5,11-14,17H2,1-2H3. The van der Waals surface area contributed by atoms with Crippen molar-refractivity contribution >= 4 is 15.9 Å². The van der Waals surface area contributed by atoms with Crippen LogP contribution in [0.4, 0.5) is 8.78 Å². The molecule has 9 heteroatoms. The van der Waals surface area contributed by atoms with Crippen LogP contribution in [0.3, 0.4) is 0 Å². The number of halogens is 2. The SMILES string of the molecule is CN(C)CCN(Cc1ccc(F)c(F)c1)C(=O)c1cccc(S(=O)(=O)N2CCCCC2)c1. The monoisotopic (exact) mass is 465 g/mol. The third-order valence-electron chi connectivity index (χ3n) is 5.50. The molecule has 0 spiro atoms. The number of hydrogen-bond donors (Lipinski definition) is 0. The molecule has 0 radical (unpaired) electrons. The Morgan fingerprint density at radius 2 is 1.69 bits per heavy atom. The van der Waals surface area contributed by atoms with Crippen LogP contribution in [-0.4, -0.2) is 68.7 Å². The lowest BCUT2D eigenvalue weighted by atomic mass is 10.1. The summed E-state index contributed by atoms with van der Waals surface area (Å²) in [6.07, 6.45) is 2.66. The Hall–Kier alpha value is -2.36. The van der Waals surface area contributed by atoms with E-state index in [-0.39, 0.29) is 22.9 Å². The quantitative estimate of drug-likeness (QED) is 0.600. The first-order valence-electron chi connectivity index (χ1n) is 10.7. The highest BCUT2D eigenvalue weighted by Crippen LogP contribution is 2.22. The molecule has 0 saturated carbocycles. The highest BCUT2D eigenvalue weighted by Gasteiger charge is 2.27. The van der Waals surface area contributed by atoms with Crippen molar-refractivity contribution in [1.29, 1.82) is 0 Å². The molecule has 0 N–H and O–H groups in total. The van der Waals surface area contributed by atoms with Crippen LogP contribution in [-0.2, 0) is 16.6 Å². The molecule has 1 aliphatic heterocycles. The van der Waals surface area contributed by atoms with Crippen molar-refractivity contribution in [2.75, 3.05) is 40.3 Å². The van der Waals surface area contributed by atoms with Gasteiger partial charge in [-0.2, -0.15) is 4.31 Å². The molecule has 3 rings (SSSR count). The Bertz CT molecular complexity index is 1050. The fourth-order valence-corrected chi connectivity index (χ4v) is 5.22. The molecule has 2 aromatic carbocycles. The molecule has 1 amide bonds. The van der Waals surface area contributed by atoms with Gasteiger partial charge in [0.25, 0.3) is 5.91 Å². The van der Waals surface area contributed by atoms with Gasteiger partial charge in [0.05, 0.1) is 4.90 Å². The molecule has 1 fully saturated rings. The summed E-state index contributed by atoms with van der Waals surface area (Å²) in [5, 5.41) is 0. The summed E-state index contributed by atoms with van der Waals surface area (Å²) in [7, 11) is 0.0586. The fraction of sp³-hybridized carbons (Fsp3) is 0.435. The lowest BCUT2D eigenvalue weighted by Crippen LogP contribution is -2.37. The van der Waals surface area contributed by atoms with E-state index in [1.54, 1.807) is 12.1 Å². The van der Waals surface area contributed by atoms with Crippen molar-refractivity contribution in [3.8, 4) is 0 Å². The number of sulfonamides is 1. The molecule has 0 atom stereocenters. The molecule has 1 aliphatic rings. The van der Waals surface area contributed by atoms with Gasteiger partial charge in [-0.05, 0) is 62.8 Å². The maximum Gasteiger partial charge on any atom is 0.254 e. The predicted octanol–water partition coefficient (Wildman–Crippen LogP) is 3.34. The minimum Gasteiger partial charge on any atom is -0.333 e. The van der Waals surface area contributed by atoms with Crippen molar-refractivity contribution in [2.24, 2.45) is 0 Å². The van der Waals surface area contributed by atoms with E-state index in [1.807, 2.05) is 19.0 Å². The van der Waals surface area contributed by atoms with E-state index < -0.39 is 21.7 Å². The van der Waals surface area contributed by atoms with Crippen LogP contribution >= 0.6 is 0 Å². The van der Waals surface area contributed by atoms with Crippen LogP contribution in [0.25, 0.3) is 0 Å². The van der Waals surface area contributed by atoms with E-state index in [2.05, 4.69) is 0 Å². The number of likely N-dealkylation sites (N-methyl/N-ethyl adjacent to an activating group) is 1. The third kappa shape index (κ3) is 5.90. The van der Waals surface area contributed by atoms with Gasteiger partial charge in [-0.3, -0.25) is 4.79 Å². The second-order valence-electron chi connectivity index (χ2n) is 8.27. The Kier molecular flexibility index (Phi) is 7.97. The first kappa shape index (κ1) is 24.3. The van der Waals surface area contributed by atoms with Crippen molar-refractivity contribution in [1.82, 2.24) is 14.1 Å². The zero-order valence-electron chi connectivity index (χ0n) is 18.4. The van der Waals surface area contributed by atoms with E-state index in [4.69, 9.17) is 0 Å². The molecule has 0 bridgehead atoms. The summed E-state index contributed by atoms with van der Waals surface area (Å²) >= 11 is 0. The lowest BCUT2D eigenvalue weighted by molar-refractivity contribution is 0.0731. The summed E-state index contributed by atoms with van der Waals surface area (Å²) in [6.45, 7) is 1.93. The summed E-state index contributed by atoms with van der Waals surface area (Å²) in [5.74, 6) is -2.29. The van der Waals surface area contributed by atoms with Crippen LogP contribution < -0.4 is 0 Å². The summed E-state index contributed by atoms with van der Waals surface area (Å²) < 4.78 is 54.5. The lowest BCUT2D eigenvalue weighted by Gasteiger charge is -2.27. The zero-order valence-corrected chi connectivity index (χ0v) is 19.2. The molecular weight excluding hydrogens is 436 g/mol. The molecule has 2 aromatic rings. The second-order valence-corrected chi connectivity index (χ2v) is 10.2. The Morgan fingerprint density at radius 1 is 0.969 bits per heavy atom. The average molecular weight is 466 g/mol. The molecule has 0 aromatic heterocycles. The van der Waals surface area contributed by atoms with Gasteiger partial charge in [0.1, 0.15) is 0 Å². The summed E-state index contributed by atoms with van der Waals surface area (Å²) in [4.78, 5) is 16.8. The van der Waals surface area contributed by atoms with Gasteiger partial charge in [0, 0.05) is 38.3 Å². The molecule has 0 unspecified atom stereocenters. The molecule has 0 aliphatic carbocycles. The zero-order chi connectivity index (χ0) is 23.3. The first-order chi connectivity index (χ1) is 15.2. The minimum atomic E-state index is -3.68. The van der Waals surface area contributed by atoms with Crippen molar-refractivity contribution in [2.45, 2.75) is 30.7 Å². The number of rotatable bonds is 8. The number of nitrogens with zero attached hydrogens (tertiary/aromatic N) is 3. The van der Waals surface area contributed by atoms with Gasteiger partial charge >= 0.3 is 0 Å². The van der Waals surface area contributed by atoms with Crippen LogP contribution in [0.1, 0.15) is 35.2 Å². The van der Waals surface area contributed by atoms with E-state index in [9.17, 15) is 22.0 Å². The highest BCUT2D eigenvalue weighted by molar-refractivity contribution is 7.89. The van der Waals surface area contributed by atoms with Gasteiger partial charge in [-0.15, -0.1) is 0 Å². The number of benzene rings is 2. The molecular formula is C23H29F2N3O3S. The topological polar surface area (TPSA) is 60.9 Å². The van der Waals surface area contributed by atoms with Crippen LogP contribution in [0.15, 0.2) is 47.4 Å². The minimum absolute atomic E-state index is 0.0764. The van der Waals surface area contributed by atoms with Gasteiger partial charge < -0.3 is 9.80 Å². The van der Waals surface area contributed by atoms with E-state index in [1.165, 1.54) is 27.4 Å². The number of piperidine rings is 1. The first-order valence-corrected chi connectivity index (χ1v) is 12.1. The molecule has 6 nitrogen and oxygen atoms in total. The maximum absolute atomic E-state index is 13.7. The predicted molar refractivity (Wildman–Crippen MR) is 119 cm³/mol. The summed E-state index contributed by atoms with van der Waals surface area (Å²) in [5.41, 5.74) is 0.692. The number of hydrogen-bond acceptors (Lipinski definition) is 4. The highest BCUT2D eigenvalue weighted by atomic mass is 32.2. The van der Waals surface area contributed by atoms with Gasteiger partial charge in [0.2, 0.25) is 10.0 Å². The van der Waals surface area contributed by atoms with Gasteiger partial charge in [0.15, 0.2) is 11.6 Å². The second kappa shape index (κ2) is 10.5. The Balaban J connectivity index is 1.86. The van der Waals surface area contributed by atoms with Gasteiger partial charge in [-0.1, -0.05) is 18.6 Å². The average Bonchev–Trinajstić information content (AvgIpc) is 2.79. The van der Waals surface area contributed by atoms with Crippen molar-refractivity contribution in [3.63, 3.8) is 0 Å². The Morgan fingerprint density at radius 3 is 2.34 bits per heavy atom. The van der Waals surface area contributed by atoms with E-state index in [0.717, 1.165) is 31.4 Å². The van der Waals surface area contributed by atoms with Crippen LogP contribution in [0.2, 0.25) is 0 Å². The molecule has 32 heavy (non-hydrogen) atoms. The number of carbonyl (C=O) groups is 1. The van der Waals surface area contributed by atoms with Gasteiger partial charge in [-0.25, -0.2) is 17.2 Å². The molecule has 1 saturated heterocycles.